The number of carbonyl (C=O) groups is 1. The molecule has 0 saturated carbocycles. The molecule has 2 N–H and O–H groups in total. The number of amides is 1. The molecule has 0 spiro atoms. The van der Waals surface area contributed by atoms with Crippen LogP contribution in [0, 0.1) is 10.8 Å². The van der Waals surface area contributed by atoms with Crippen LogP contribution in [0.3, 0.4) is 0 Å². The number of alkyl halides is 3. The molecule has 32 heavy (non-hydrogen) atoms. The molecule has 1 saturated heterocycles. The first-order valence-corrected chi connectivity index (χ1v) is 11.5. The summed E-state index contributed by atoms with van der Waals surface area (Å²) in [4.78, 5) is 16.5. The summed E-state index contributed by atoms with van der Waals surface area (Å²) >= 11 is 16.8. The van der Waals surface area contributed by atoms with E-state index in [0.29, 0.717) is 24.6 Å². The van der Waals surface area contributed by atoms with Crippen LogP contribution in [0.25, 0.3) is 0 Å². The molecule has 1 aliphatic rings. The minimum atomic E-state index is -1.72. The van der Waals surface area contributed by atoms with E-state index in [1.165, 1.54) is 0 Å². The van der Waals surface area contributed by atoms with Crippen molar-refractivity contribution in [2.24, 2.45) is 10.4 Å². The maximum Gasteiger partial charge on any atom is 0.412 e. The van der Waals surface area contributed by atoms with Gasteiger partial charge >= 0.3 is 6.09 Å². The maximum atomic E-state index is 12.1. The Balaban J connectivity index is 1.99. The van der Waals surface area contributed by atoms with E-state index in [9.17, 15) is 4.79 Å². The quantitative estimate of drug-likeness (QED) is 0.290. The summed E-state index contributed by atoms with van der Waals surface area (Å²) in [7, 11) is 0. The molecule has 1 unspecified atom stereocenters. The normalized spacial score (nSPS) is 17.8. The number of nitrogens with one attached hydrogen (secondary N) is 2. The molecule has 12 heteroatoms. The molecule has 1 amide bonds. The summed E-state index contributed by atoms with van der Waals surface area (Å²) in [5.41, 5.74) is 0.496. The number of ether oxygens (including phenoxy) is 3. The van der Waals surface area contributed by atoms with Gasteiger partial charge in [0.2, 0.25) is 3.79 Å². The number of aliphatic imine (C=N–C) groups is 1. The fourth-order valence-corrected chi connectivity index (χ4v) is 2.82. The van der Waals surface area contributed by atoms with Gasteiger partial charge in [0, 0.05) is 18.7 Å². The molecule has 1 aliphatic heterocycles. The van der Waals surface area contributed by atoms with Gasteiger partial charge in [-0.05, 0) is 24.7 Å². The topological polar surface area (TPSA) is 111 Å². The van der Waals surface area contributed by atoms with Crippen molar-refractivity contribution < 1.29 is 19.0 Å². The summed E-state index contributed by atoms with van der Waals surface area (Å²) in [5.74, 6) is 0.227. The third kappa shape index (κ3) is 10.5. The van der Waals surface area contributed by atoms with Gasteiger partial charge in [0.25, 0.3) is 0 Å². The second kappa shape index (κ2) is 12.2. The molecule has 180 valence electrons. The average Bonchev–Trinajstić information content (AvgIpc) is 3.13. The highest BCUT2D eigenvalue weighted by atomic mass is 35.6. The minimum absolute atomic E-state index is 0.111. The summed E-state index contributed by atoms with van der Waals surface area (Å²) in [6.45, 7) is 7.01. The van der Waals surface area contributed by atoms with E-state index in [1.54, 1.807) is 17.1 Å². The van der Waals surface area contributed by atoms with Crippen molar-refractivity contribution in [2.45, 2.75) is 63.1 Å². The van der Waals surface area contributed by atoms with Crippen molar-refractivity contribution in [3.8, 4) is 0 Å². The Kier molecular flexibility index (Phi) is 10.2. The van der Waals surface area contributed by atoms with Gasteiger partial charge in [-0.25, -0.2) is 9.79 Å². The van der Waals surface area contributed by atoms with Crippen LogP contribution in [-0.2, 0) is 20.8 Å². The molecule has 1 atom stereocenters. The molecular weight excluding hydrogens is 481 g/mol. The fourth-order valence-electron chi connectivity index (χ4n) is 2.65. The van der Waals surface area contributed by atoms with Crippen molar-refractivity contribution in [3.05, 3.63) is 12.4 Å². The Morgan fingerprint density at radius 2 is 2.12 bits per heavy atom. The molecule has 1 aromatic rings. The van der Waals surface area contributed by atoms with E-state index in [4.69, 9.17) is 54.4 Å². The first-order valence-electron chi connectivity index (χ1n) is 10.3. The number of nitrogens with zero attached hydrogens (tertiary/aromatic N) is 3. The van der Waals surface area contributed by atoms with Crippen LogP contribution >= 0.6 is 34.8 Å². The second-order valence-electron chi connectivity index (χ2n) is 8.41. The molecule has 0 aliphatic carbocycles. The summed E-state index contributed by atoms with van der Waals surface area (Å²) in [6, 6.07) is 0. The van der Waals surface area contributed by atoms with E-state index in [-0.39, 0.29) is 18.5 Å². The largest absolute Gasteiger partial charge is 0.445 e. The average molecular weight is 511 g/mol. The lowest BCUT2D eigenvalue weighted by Crippen LogP contribution is -2.36. The predicted octanol–water partition coefficient (Wildman–Crippen LogP) is 5.01. The Labute approximate surface area is 203 Å². The lowest BCUT2D eigenvalue weighted by Gasteiger charge is -2.22. The molecule has 0 radical (unpaired) electrons. The van der Waals surface area contributed by atoms with E-state index >= 15 is 0 Å². The third-order valence-electron chi connectivity index (χ3n) is 4.51. The number of hydrogen-bond donors (Lipinski definition) is 2. The summed E-state index contributed by atoms with van der Waals surface area (Å²) in [5, 5.41) is 15.1. The van der Waals surface area contributed by atoms with E-state index in [2.05, 4.69) is 15.4 Å². The molecule has 1 fully saturated rings. The van der Waals surface area contributed by atoms with E-state index in [0.717, 1.165) is 25.9 Å². The highest BCUT2D eigenvalue weighted by Crippen LogP contribution is 2.26. The van der Waals surface area contributed by atoms with Gasteiger partial charge in [-0.3, -0.25) is 10.00 Å². The van der Waals surface area contributed by atoms with Crippen LogP contribution in [0.5, 0.6) is 0 Å². The maximum absolute atomic E-state index is 12.1. The zero-order valence-corrected chi connectivity index (χ0v) is 20.8. The van der Waals surface area contributed by atoms with Crippen LogP contribution in [0.2, 0.25) is 0 Å². The van der Waals surface area contributed by atoms with Crippen LogP contribution in [-0.4, -0.2) is 57.3 Å². The van der Waals surface area contributed by atoms with Gasteiger partial charge in [-0.1, -0.05) is 55.6 Å². The van der Waals surface area contributed by atoms with Crippen molar-refractivity contribution in [3.63, 3.8) is 0 Å². The zero-order chi connectivity index (χ0) is 23.8. The number of aromatic nitrogens is 2. The number of amidine groups is 1. The molecular formula is C20H30Cl3N5O4. The minimum Gasteiger partial charge on any atom is -0.445 e. The standard InChI is InChI=1S/C20H30Cl3N5O4/c1-19(2,3)15(24)10-16(27-18(29)32-13-20(21,22)23)26-14-11-25-28(12-14)7-9-31-17-6-4-5-8-30-17/h11-12,17,24H,4-10,13H2,1-3H3,(H,26,27,29). The zero-order valence-electron chi connectivity index (χ0n) is 18.5. The van der Waals surface area contributed by atoms with Gasteiger partial charge < -0.3 is 19.6 Å². The molecule has 9 nitrogen and oxygen atoms in total. The number of rotatable bonds is 8. The number of carbonyl (C=O) groups excluding carboxylic acids is 1. The van der Waals surface area contributed by atoms with Crippen LogP contribution < -0.4 is 5.32 Å². The fraction of sp³-hybridized carbons (Fsp3) is 0.700. The van der Waals surface area contributed by atoms with Crippen molar-refractivity contribution in [2.75, 3.05) is 19.8 Å². The molecule has 0 aromatic carbocycles. The number of alkyl carbamates (subject to hydrolysis) is 1. The monoisotopic (exact) mass is 509 g/mol. The first-order chi connectivity index (χ1) is 14.9. The predicted molar refractivity (Wildman–Crippen MR) is 125 cm³/mol. The van der Waals surface area contributed by atoms with Crippen molar-refractivity contribution in [1.29, 1.82) is 5.41 Å². The van der Waals surface area contributed by atoms with E-state index in [1.807, 2.05) is 20.8 Å². The number of halogens is 3. The lowest BCUT2D eigenvalue weighted by molar-refractivity contribution is -0.163. The highest BCUT2D eigenvalue weighted by molar-refractivity contribution is 6.67. The van der Waals surface area contributed by atoms with Crippen LogP contribution in [0.15, 0.2) is 17.4 Å². The van der Waals surface area contributed by atoms with Gasteiger partial charge in [0.05, 0.1) is 25.5 Å². The molecule has 0 bridgehead atoms. The smallest absolute Gasteiger partial charge is 0.412 e. The van der Waals surface area contributed by atoms with E-state index < -0.39 is 21.9 Å². The Bertz CT molecular complexity index is 796. The van der Waals surface area contributed by atoms with Crippen molar-refractivity contribution in [1.82, 2.24) is 15.1 Å². The lowest BCUT2D eigenvalue weighted by atomic mass is 9.88. The Morgan fingerprint density at radius 1 is 1.38 bits per heavy atom. The van der Waals surface area contributed by atoms with Crippen LogP contribution in [0.1, 0.15) is 46.5 Å². The van der Waals surface area contributed by atoms with Crippen molar-refractivity contribution >= 4 is 58.1 Å². The van der Waals surface area contributed by atoms with Crippen LogP contribution in [0.4, 0.5) is 10.5 Å². The third-order valence-corrected chi connectivity index (χ3v) is 4.84. The summed E-state index contributed by atoms with van der Waals surface area (Å²) < 4.78 is 16.1. The Morgan fingerprint density at radius 3 is 2.75 bits per heavy atom. The second-order valence-corrected chi connectivity index (χ2v) is 10.9. The SMILES string of the molecule is CC(C)(C)C(=N)CC(=Nc1cnn(CCOC2CCCCO2)c1)NC(=O)OCC(Cl)(Cl)Cl. The summed E-state index contributed by atoms with van der Waals surface area (Å²) in [6.07, 6.45) is 5.49. The molecule has 2 rings (SSSR count). The van der Waals surface area contributed by atoms with Gasteiger partial charge in [-0.15, -0.1) is 0 Å². The van der Waals surface area contributed by atoms with Gasteiger partial charge in [0.1, 0.15) is 18.1 Å². The highest BCUT2D eigenvalue weighted by Gasteiger charge is 2.24. The molecule has 1 aromatic heterocycles. The first kappa shape index (κ1) is 26.9. The van der Waals surface area contributed by atoms with Gasteiger partial charge in [-0.2, -0.15) is 5.10 Å². The Hall–Kier alpha value is -1.39. The number of hydrogen-bond acceptors (Lipinski definition) is 7. The van der Waals surface area contributed by atoms with Gasteiger partial charge in [0.15, 0.2) is 6.29 Å². The molecule has 2 heterocycles.